The van der Waals surface area contributed by atoms with E-state index in [1.165, 1.54) is 0 Å². The highest BCUT2D eigenvalue weighted by atomic mass is 16.5. The summed E-state index contributed by atoms with van der Waals surface area (Å²) in [5.41, 5.74) is 2.29. The number of pyridine rings is 1. The van der Waals surface area contributed by atoms with Crippen molar-refractivity contribution in [3.8, 4) is 5.88 Å². The van der Waals surface area contributed by atoms with Gasteiger partial charge in [0.1, 0.15) is 6.10 Å². The number of rotatable bonds is 5. The topological polar surface area (TPSA) is 59.5 Å². The average molecular weight is 422 g/mol. The average Bonchev–Trinajstić information content (AvgIpc) is 3.32. The molecule has 0 spiro atoms. The van der Waals surface area contributed by atoms with Crippen molar-refractivity contribution in [1.82, 2.24) is 9.88 Å². The first-order valence-corrected chi connectivity index (χ1v) is 10.7. The lowest BCUT2D eigenvalue weighted by molar-refractivity contribution is 0.0767. The SMILES string of the molecule is O=C(c1ccccc1)c1ccccc1C(=O)N1CCC(Oc2ccc3ccccc3n2)C1. The van der Waals surface area contributed by atoms with E-state index in [1.54, 1.807) is 41.3 Å². The van der Waals surface area contributed by atoms with Crippen molar-refractivity contribution < 1.29 is 14.3 Å². The highest BCUT2D eigenvalue weighted by Gasteiger charge is 2.30. The Balaban J connectivity index is 1.31. The molecule has 0 N–H and O–H groups in total. The van der Waals surface area contributed by atoms with Crippen molar-refractivity contribution in [3.63, 3.8) is 0 Å². The van der Waals surface area contributed by atoms with Crippen LogP contribution in [0.15, 0.2) is 91.0 Å². The first-order valence-electron chi connectivity index (χ1n) is 10.7. The van der Waals surface area contributed by atoms with Gasteiger partial charge in [0.05, 0.1) is 17.6 Å². The number of ether oxygens (including phenoxy) is 1. The van der Waals surface area contributed by atoms with E-state index in [0.717, 1.165) is 17.3 Å². The summed E-state index contributed by atoms with van der Waals surface area (Å²) >= 11 is 0. The number of benzene rings is 3. The summed E-state index contributed by atoms with van der Waals surface area (Å²) in [4.78, 5) is 32.6. The van der Waals surface area contributed by atoms with E-state index in [1.807, 2.05) is 54.6 Å². The number of hydrogen-bond donors (Lipinski definition) is 0. The molecular formula is C27H22N2O3. The number of hydrogen-bond acceptors (Lipinski definition) is 4. The quantitative estimate of drug-likeness (QED) is 0.435. The zero-order valence-electron chi connectivity index (χ0n) is 17.5. The third-order valence-corrected chi connectivity index (χ3v) is 5.73. The van der Waals surface area contributed by atoms with Crippen LogP contribution in [0.1, 0.15) is 32.7 Å². The van der Waals surface area contributed by atoms with Crippen molar-refractivity contribution in [1.29, 1.82) is 0 Å². The minimum Gasteiger partial charge on any atom is -0.472 e. The van der Waals surface area contributed by atoms with Crippen LogP contribution in [0.2, 0.25) is 0 Å². The summed E-state index contributed by atoms with van der Waals surface area (Å²) in [7, 11) is 0. The molecule has 0 aliphatic carbocycles. The van der Waals surface area contributed by atoms with Crippen LogP contribution in [0.5, 0.6) is 5.88 Å². The predicted octanol–water partition coefficient (Wildman–Crippen LogP) is 4.76. The van der Waals surface area contributed by atoms with Crippen LogP contribution in [0.3, 0.4) is 0 Å². The highest BCUT2D eigenvalue weighted by molar-refractivity contribution is 6.15. The Hall–Kier alpha value is -3.99. The van der Waals surface area contributed by atoms with Gasteiger partial charge in [-0.2, -0.15) is 0 Å². The van der Waals surface area contributed by atoms with Crippen molar-refractivity contribution in [2.24, 2.45) is 0 Å². The van der Waals surface area contributed by atoms with E-state index in [9.17, 15) is 9.59 Å². The molecule has 158 valence electrons. The Morgan fingerprint density at radius 3 is 2.38 bits per heavy atom. The van der Waals surface area contributed by atoms with Crippen molar-refractivity contribution in [2.75, 3.05) is 13.1 Å². The first kappa shape index (κ1) is 19.9. The third-order valence-electron chi connectivity index (χ3n) is 5.73. The molecular weight excluding hydrogens is 400 g/mol. The Bertz CT molecular complexity index is 1290. The maximum Gasteiger partial charge on any atom is 0.254 e. The number of carbonyl (C=O) groups is 2. The monoisotopic (exact) mass is 422 g/mol. The first-order chi connectivity index (χ1) is 15.7. The van der Waals surface area contributed by atoms with Crippen LogP contribution in [0.4, 0.5) is 0 Å². The molecule has 5 heteroatoms. The van der Waals surface area contributed by atoms with Gasteiger partial charge in [0, 0.05) is 35.5 Å². The summed E-state index contributed by atoms with van der Waals surface area (Å²) in [5, 5.41) is 1.06. The number of para-hydroxylation sites is 1. The van der Waals surface area contributed by atoms with Gasteiger partial charge >= 0.3 is 0 Å². The van der Waals surface area contributed by atoms with Crippen LogP contribution in [-0.4, -0.2) is 40.8 Å². The molecule has 0 radical (unpaired) electrons. The van der Waals surface area contributed by atoms with Crippen LogP contribution in [0.25, 0.3) is 10.9 Å². The molecule has 0 bridgehead atoms. The maximum atomic E-state index is 13.3. The van der Waals surface area contributed by atoms with Gasteiger partial charge in [0.15, 0.2) is 5.78 Å². The van der Waals surface area contributed by atoms with Gasteiger partial charge in [0.25, 0.3) is 5.91 Å². The standard InChI is InChI=1S/C27H22N2O3/c30-26(20-9-2-1-3-10-20)22-11-5-6-12-23(22)27(31)29-17-16-21(18-29)32-25-15-14-19-8-4-7-13-24(19)28-25/h1-15,21H,16-18H2. The lowest BCUT2D eigenvalue weighted by Gasteiger charge is -2.18. The second kappa shape index (κ2) is 8.63. The second-order valence-electron chi connectivity index (χ2n) is 7.86. The van der Waals surface area contributed by atoms with Crippen LogP contribution < -0.4 is 4.74 Å². The van der Waals surface area contributed by atoms with Gasteiger partial charge < -0.3 is 9.64 Å². The van der Waals surface area contributed by atoms with Gasteiger partial charge in [0.2, 0.25) is 5.88 Å². The molecule has 2 heterocycles. The lowest BCUT2D eigenvalue weighted by atomic mass is 9.97. The molecule has 1 saturated heterocycles. The van der Waals surface area contributed by atoms with E-state index >= 15 is 0 Å². The molecule has 32 heavy (non-hydrogen) atoms. The number of carbonyl (C=O) groups excluding carboxylic acids is 2. The van der Waals surface area contributed by atoms with E-state index in [4.69, 9.17) is 4.74 Å². The van der Waals surface area contributed by atoms with Gasteiger partial charge in [-0.1, -0.05) is 66.7 Å². The maximum absolute atomic E-state index is 13.3. The smallest absolute Gasteiger partial charge is 0.254 e. The zero-order valence-corrected chi connectivity index (χ0v) is 17.5. The van der Waals surface area contributed by atoms with Gasteiger partial charge in [-0.05, 0) is 18.2 Å². The van der Waals surface area contributed by atoms with Crippen LogP contribution in [-0.2, 0) is 0 Å². The van der Waals surface area contributed by atoms with Crippen molar-refractivity contribution >= 4 is 22.6 Å². The lowest BCUT2D eigenvalue weighted by Crippen LogP contribution is -2.32. The Kier molecular flexibility index (Phi) is 5.38. The number of amides is 1. The van der Waals surface area contributed by atoms with Gasteiger partial charge in [-0.3, -0.25) is 9.59 Å². The fraction of sp³-hybridized carbons (Fsp3) is 0.148. The minimum absolute atomic E-state index is 0.135. The fourth-order valence-corrected chi connectivity index (χ4v) is 4.08. The molecule has 0 saturated carbocycles. The molecule has 1 amide bonds. The van der Waals surface area contributed by atoms with E-state index in [0.29, 0.717) is 35.7 Å². The number of fused-ring (bicyclic) bond motifs is 1. The second-order valence-corrected chi connectivity index (χ2v) is 7.86. The van der Waals surface area contributed by atoms with Crippen molar-refractivity contribution in [2.45, 2.75) is 12.5 Å². The highest BCUT2D eigenvalue weighted by Crippen LogP contribution is 2.23. The Morgan fingerprint density at radius 2 is 1.53 bits per heavy atom. The summed E-state index contributed by atoms with van der Waals surface area (Å²) in [6.07, 6.45) is 0.583. The largest absolute Gasteiger partial charge is 0.472 e. The molecule has 1 unspecified atom stereocenters. The predicted molar refractivity (Wildman–Crippen MR) is 123 cm³/mol. The molecule has 5 nitrogen and oxygen atoms in total. The molecule has 1 aliphatic rings. The Labute approximate surface area is 186 Å². The summed E-state index contributed by atoms with van der Waals surface area (Å²) in [6, 6.07) is 27.8. The number of nitrogens with zero attached hydrogens (tertiary/aromatic N) is 2. The normalized spacial score (nSPS) is 15.6. The molecule has 1 fully saturated rings. The molecule has 5 rings (SSSR count). The molecule has 1 aromatic heterocycles. The van der Waals surface area contributed by atoms with Crippen molar-refractivity contribution in [3.05, 3.63) is 108 Å². The number of likely N-dealkylation sites (tertiary alicyclic amines) is 1. The number of ketones is 1. The third kappa shape index (κ3) is 3.97. The zero-order chi connectivity index (χ0) is 21.9. The Morgan fingerprint density at radius 1 is 0.812 bits per heavy atom. The molecule has 1 atom stereocenters. The van der Waals surface area contributed by atoms with E-state index in [2.05, 4.69) is 4.98 Å². The summed E-state index contributed by atoms with van der Waals surface area (Å²) < 4.78 is 6.07. The molecule has 4 aromatic rings. The molecule has 1 aliphatic heterocycles. The van der Waals surface area contributed by atoms with Crippen LogP contribution in [0, 0.1) is 0 Å². The van der Waals surface area contributed by atoms with E-state index < -0.39 is 0 Å². The summed E-state index contributed by atoms with van der Waals surface area (Å²) in [6.45, 7) is 1.03. The van der Waals surface area contributed by atoms with E-state index in [-0.39, 0.29) is 17.8 Å². The molecule has 3 aromatic carbocycles. The summed E-state index contributed by atoms with van der Waals surface area (Å²) in [5.74, 6) is 0.256. The van der Waals surface area contributed by atoms with Gasteiger partial charge in [-0.15, -0.1) is 0 Å². The van der Waals surface area contributed by atoms with Crippen LogP contribution >= 0.6 is 0 Å². The fourth-order valence-electron chi connectivity index (χ4n) is 4.08. The number of aromatic nitrogens is 1. The van der Waals surface area contributed by atoms with Gasteiger partial charge in [-0.25, -0.2) is 4.98 Å². The minimum atomic E-state index is -0.151.